The van der Waals surface area contributed by atoms with Gasteiger partial charge in [-0.15, -0.1) is 0 Å². The summed E-state index contributed by atoms with van der Waals surface area (Å²) in [4.78, 5) is 0. The molecule has 2 rings (SSSR count). The topological polar surface area (TPSA) is 20.2 Å². The van der Waals surface area contributed by atoms with Crippen molar-refractivity contribution in [3.8, 4) is 0 Å². The Labute approximate surface area is 122 Å². The number of aliphatic hydroxyl groups excluding tert-OH is 1. The molecule has 0 heterocycles. The minimum Gasteiger partial charge on any atom is -0.395 e. The van der Waals surface area contributed by atoms with Crippen molar-refractivity contribution in [2.75, 3.05) is 6.61 Å². The Balaban J connectivity index is 2.46. The summed E-state index contributed by atoms with van der Waals surface area (Å²) in [7, 11) is 0. The Morgan fingerprint density at radius 1 is 0.850 bits per heavy atom. The molecule has 20 heavy (non-hydrogen) atoms. The van der Waals surface area contributed by atoms with Crippen LogP contribution in [0, 0.1) is 5.92 Å². The summed E-state index contributed by atoms with van der Waals surface area (Å²) in [6, 6.07) is 20.8. The van der Waals surface area contributed by atoms with E-state index in [1.165, 1.54) is 11.1 Å². The molecule has 1 nitrogen and oxygen atoms in total. The van der Waals surface area contributed by atoms with Gasteiger partial charge in [0.2, 0.25) is 0 Å². The van der Waals surface area contributed by atoms with Gasteiger partial charge in [-0.05, 0) is 29.9 Å². The summed E-state index contributed by atoms with van der Waals surface area (Å²) in [5.74, 6) is 0.633. The monoisotopic (exact) mass is 268 g/mol. The van der Waals surface area contributed by atoms with Gasteiger partial charge in [0.15, 0.2) is 0 Å². The van der Waals surface area contributed by atoms with E-state index in [1.807, 2.05) is 12.1 Å². The average molecular weight is 268 g/mol. The molecule has 106 valence electrons. The summed E-state index contributed by atoms with van der Waals surface area (Å²) in [6.07, 6.45) is 2.07. The fraction of sp³-hybridized carbons (Fsp3) is 0.368. The normalized spacial score (nSPS) is 11.8. The third-order valence-corrected chi connectivity index (χ3v) is 4.07. The number of hydrogen-bond donors (Lipinski definition) is 1. The first-order valence-corrected chi connectivity index (χ1v) is 7.41. The molecular weight excluding hydrogens is 244 g/mol. The van der Waals surface area contributed by atoms with Gasteiger partial charge >= 0.3 is 0 Å². The van der Waals surface area contributed by atoms with Crippen LogP contribution >= 0.6 is 0 Å². The second-order valence-electron chi connectivity index (χ2n) is 5.90. The molecule has 0 unspecified atom stereocenters. The van der Waals surface area contributed by atoms with Crippen LogP contribution in [0.25, 0.3) is 0 Å². The zero-order valence-electron chi connectivity index (χ0n) is 12.4. The van der Waals surface area contributed by atoms with E-state index in [0.717, 1.165) is 12.8 Å². The molecule has 0 aliphatic rings. The number of hydrogen-bond acceptors (Lipinski definition) is 1. The molecule has 0 amide bonds. The van der Waals surface area contributed by atoms with Crippen molar-refractivity contribution >= 4 is 0 Å². The molecular formula is C19H24O. The van der Waals surface area contributed by atoms with Gasteiger partial charge in [0, 0.05) is 5.41 Å². The lowest BCUT2D eigenvalue weighted by Gasteiger charge is -2.34. The average Bonchev–Trinajstić information content (AvgIpc) is 2.50. The second kappa shape index (κ2) is 6.71. The van der Waals surface area contributed by atoms with Crippen molar-refractivity contribution in [2.24, 2.45) is 5.92 Å². The maximum atomic E-state index is 10.2. The van der Waals surface area contributed by atoms with Crippen LogP contribution in [0.3, 0.4) is 0 Å². The molecule has 0 aliphatic carbocycles. The Kier molecular flexibility index (Phi) is 4.97. The summed E-state index contributed by atoms with van der Waals surface area (Å²) in [5, 5.41) is 10.2. The SMILES string of the molecule is CC(C)CCC(CO)(c1ccccc1)c1ccccc1. The Hall–Kier alpha value is -1.60. The van der Waals surface area contributed by atoms with E-state index in [1.54, 1.807) is 0 Å². The van der Waals surface area contributed by atoms with Gasteiger partial charge in [0.05, 0.1) is 6.61 Å². The van der Waals surface area contributed by atoms with Gasteiger partial charge in [0.25, 0.3) is 0 Å². The van der Waals surface area contributed by atoms with Crippen LogP contribution < -0.4 is 0 Å². The van der Waals surface area contributed by atoms with E-state index in [4.69, 9.17) is 0 Å². The van der Waals surface area contributed by atoms with Crippen molar-refractivity contribution in [3.05, 3.63) is 71.8 Å². The van der Waals surface area contributed by atoms with Gasteiger partial charge in [-0.3, -0.25) is 0 Å². The molecule has 2 aromatic rings. The number of rotatable bonds is 6. The van der Waals surface area contributed by atoms with E-state index >= 15 is 0 Å². The molecule has 0 bridgehead atoms. The van der Waals surface area contributed by atoms with Crippen molar-refractivity contribution in [1.29, 1.82) is 0 Å². The zero-order chi connectivity index (χ0) is 14.4. The molecule has 0 atom stereocenters. The largest absolute Gasteiger partial charge is 0.395 e. The first-order valence-electron chi connectivity index (χ1n) is 7.41. The van der Waals surface area contributed by atoms with Crippen LogP contribution in [0.5, 0.6) is 0 Å². The van der Waals surface area contributed by atoms with Crippen molar-refractivity contribution < 1.29 is 5.11 Å². The molecule has 0 saturated carbocycles. The smallest absolute Gasteiger partial charge is 0.0568 e. The van der Waals surface area contributed by atoms with Gasteiger partial charge in [-0.2, -0.15) is 0 Å². The lowest BCUT2D eigenvalue weighted by Crippen LogP contribution is -2.32. The fourth-order valence-corrected chi connectivity index (χ4v) is 2.77. The Morgan fingerprint density at radius 3 is 1.65 bits per heavy atom. The molecule has 0 aromatic heterocycles. The number of benzene rings is 2. The van der Waals surface area contributed by atoms with Crippen LogP contribution in [0.1, 0.15) is 37.8 Å². The van der Waals surface area contributed by atoms with Crippen molar-refractivity contribution in [1.82, 2.24) is 0 Å². The van der Waals surface area contributed by atoms with Crippen LogP contribution in [-0.4, -0.2) is 11.7 Å². The molecule has 0 radical (unpaired) electrons. The highest BCUT2D eigenvalue weighted by molar-refractivity contribution is 5.39. The van der Waals surface area contributed by atoms with Crippen LogP contribution in [-0.2, 0) is 5.41 Å². The van der Waals surface area contributed by atoms with E-state index in [-0.39, 0.29) is 12.0 Å². The lowest BCUT2D eigenvalue weighted by atomic mass is 9.71. The third-order valence-electron chi connectivity index (χ3n) is 4.07. The van der Waals surface area contributed by atoms with Gasteiger partial charge in [-0.1, -0.05) is 74.5 Å². The molecule has 0 aliphatic heterocycles. The maximum Gasteiger partial charge on any atom is 0.0568 e. The Bertz CT molecular complexity index is 462. The second-order valence-corrected chi connectivity index (χ2v) is 5.90. The van der Waals surface area contributed by atoms with Crippen LogP contribution in [0.2, 0.25) is 0 Å². The van der Waals surface area contributed by atoms with E-state index in [2.05, 4.69) is 62.4 Å². The molecule has 1 heteroatoms. The van der Waals surface area contributed by atoms with Crippen LogP contribution in [0.4, 0.5) is 0 Å². The fourth-order valence-electron chi connectivity index (χ4n) is 2.77. The summed E-state index contributed by atoms with van der Waals surface area (Å²) in [6.45, 7) is 4.62. The molecule has 2 aromatic carbocycles. The van der Waals surface area contributed by atoms with Crippen molar-refractivity contribution in [2.45, 2.75) is 32.1 Å². The lowest BCUT2D eigenvalue weighted by molar-refractivity contribution is 0.204. The molecule has 0 fully saturated rings. The van der Waals surface area contributed by atoms with Gasteiger partial charge < -0.3 is 5.11 Å². The zero-order valence-corrected chi connectivity index (χ0v) is 12.4. The minimum atomic E-state index is -0.285. The van der Waals surface area contributed by atoms with Gasteiger partial charge in [-0.25, -0.2) is 0 Å². The van der Waals surface area contributed by atoms with Crippen LogP contribution in [0.15, 0.2) is 60.7 Å². The summed E-state index contributed by atoms with van der Waals surface area (Å²) in [5.41, 5.74) is 2.12. The molecule has 1 N–H and O–H groups in total. The van der Waals surface area contributed by atoms with E-state index in [0.29, 0.717) is 5.92 Å². The maximum absolute atomic E-state index is 10.2. The first-order chi connectivity index (χ1) is 9.69. The highest BCUT2D eigenvalue weighted by atomic mass is 16.3. The molecule has 0 spiro atoms. The predicted octanol–water partition coefficient (Wildman–Crippen LogP) is 4.40. The minimum absolute atomic E-state index is 0.147. The first kappa shape index (κ1) is 14.8. The number of aliphatic hydroxyl groups is 1. The Morgan fingerprint density at radius 2 is 1.30 bits per heavy atom. The standard InChI is InChI=1S/C19H24O/c1-16(2)13-14-19(15-20,17-9-5-3-6-10-17)18-11-7-4-8-12-18/h3-12,16,20H,13-15H2,1-2H3. The molecule has 0 saturated heterocycles. The highest BCUT2D eigenvalue weighted by Gasteiger charge is 2.33. The van der Waals surface area contributed by atoms with Crippen molar-refractivity contribution in [3.63, 3.8) is 0 Å². The van der Waals surface area contributed by atoms with E-state index < -0.39 is 0 Å². The summed E-state index contributed by atoms with van der Waals surface area (Å²) >= 11 is 0. The third kappa shape index (κ3) is 3.10. The predicted molar refractivity (Wildman–Crippen MR) is 84.8 cm³/mol. The van der Waals surface area contributed by atoms with E-state index in [9.17, 15) is 5.11 Å². The quantitative estimate of drug-likeness (QED) is 0.823. The highest BCUT2D eigenvalue weighted by Crippen LogP contribution is 2.37. The van der Waals surface area contributed by atoms with Gasteiger partial charge in [0.1, 0.15) is 0 Å². The summed E-state index contributed by atoms with van der Waals surface area (Å²) < 4.78 is 0.